The average Bonchev–Trinajstić information content (AvgIpc) is 2.62. The van der Waals surface area contributed by atoms with Gasteiger partial charge in [0, 0.05) is 11.5 Å². The Kier molecular flexibility index (Phi) is 4.79. The van der Waals surface area contributed by atoms with Crippen molar-refractivity contribution in [2.75, 3.05) is 11.9 Å². The van der Waals surface area contributed by atoms with Gasteiger partial charge in [-0.3, -0.25) is 4.79 Å². The van der Waals surface area contributed by atoms with Gasteiger partial charge in [0.05, 0.1) is 5.69 Å². The summed E-state index contributed by atoms with van der Waals surface area (Å²) in [5.41, 5.74) is -0.328. The molecule has 0 saturated carbocycles. The summed E-state index contributed by atoms with van der Waals surface area (Å²) in [5, 5.41) is 13.6. The van der Waals surface area contributed by atoms with Gasteiger partial charge in [-0.15, -0.1) is 0 Å². The first kappa shape index (κ1) is 17.3. The molecule has 3 aromatic rings. The number of hydrogen-bond acceptors (Lipinski definition) is 4. The number of aromatic hydroxyl groups is 1. The lowest BCUT2D eigenvalue weighted by atomic mass is 10.1. The van der Waals surface area contributed by atoms with E-state index in [9.17, 15) is 23.5 Å². The van der Waals surface area contributed by atoms with Crippen LogP contribution in [0, 0.1) is 11.6 Å². The number of carbonyl (C=O) groups is 2. The van der Waals surface area contributed by atoms with Gasteiger partial charge in [-0.05, 0) is 23.6 Å². The first-order chi connectivity index (χ1) is 12.5. The van der Waals surface area contributed by atoms with Crippen LogP contribution in [0.5, 0.6) is 5.75 Å². The van der Waals surface area contributed by atoms with Crippen LogP contribution in [-0.4, -0.2) is 23.6 Å². The molecule has 0 bridgehead atoms. The molecule has 2 N–H and O–H groups in total. The Hall–Kier alpha value is -3.48. The molecule has 26 heavy (non-hydrogen) atoms. The standard InChI is InChI=1S/C19H13F2NO4/c20-12-6-8-16(15(21)9-12)22-17(23)10-26-19(25)14-7-5-11-3-1-2-4-13(11)18(14)24/h1-9,24H,10H2,(H,22,23). The molecular formula is C19H13F2NO4. The molecule has 0 aromatic heterocycles. The summed E-state index contributed by atoms with van der Waals surface area (Å²) in [5.74, 6) is -3.68. The van der Waals surface area contributed by atoms with Crippen LogP contribution in [-0.2, 0) is 9.53 Å². The molecule has 0 saturated heterocycles. The van der Waals surface area contributed by atoms with E-state index in [0.717, 1.165) is 17.5 Å². The predicted octanol–water partition coefficient (Wildman–Crippen LogP) is 3.62. The molecular weight excluding hydrogens is 344 g/mol. The molecule has 0 atom stereocenters. The van der Waals surface area contributed by atoms with E-state index < -0.39 is 30.1 Å². The number of ether oxygens (including phenoxy) is 1. The predicted molar refractivity (Wildman–Crippen MR) is 90.9 cm³/mol. The average molecular weight is 357 g/mol. The van der Waals surface area contributed by atoms with Crippen LogP contribution in [0.4, 0.5) is 14.5 Å². The number of halogens is 2. The molecule has 0 heterocycles. The molecule has 0 aliphatic rings. The minimum atomic E-state index is -0.947. The second-order valence-corrected chi connectivity index (χ2v) is 5.43. The summed E-state index contributed by atoms with van der Waals surface area (Å²) in [6.07, 6.45) is 0. The highest BCUT2D eigenvalue weighted by atomic mass is 19.1. The lowest BCUT2D eigenvalue weighted by Crippen LogP contribution is -2.21. The number of nitrogens with one attached hydrogen (secondary N) is 1. The molecule has 0 spiro atoms. The maximum atomic E-state index is 13.5. The summed E-state index contributed by atoms with van der Waals surface area (Å²) in [6.45, 7) is -0.693. The van der Waals surface area contributed by atoms with Gasteiger partial charge in [-0.25, -0.2) is 13.6 Å². The van der Waals surface area contributed by atoms with Crippen molar-refractivity contribution in [3.63, 3.8) is 0 Å². The van der Waals surface area contributed by atoms with Crippen molar-refractivity contribution in [3.05, 3.63) is 71.8 Å². The summed E-state index contributed by atoms with van der Waals surface area (Å²) in [7, 11) is 0. The normalized spacial score (nSPS) is 10.5. The number of fused-ring (bicyclic) bond motifs is 1. The van der Waals surface area contributed by atoms with Crippen LogP contribution < -0.4 is 5.32 Å². The largest absolute Gasteiger partial charge is 0.506 e. The first-order valence-corrected chi connectivity index (χ1v) is 7.58. The Balaban J connectivity index is 1.67. The van der Waals surface area contributed by atoms with Crippen LogP contribution in [0.15, 0.2) is 54.6 Å². The Bertz CT molecular complexity index is 1000. The highest BCUT2D eigenvalue weighted by Gasteiger charge is 2.17. The van der Waals surface area contributed by atoms with Crippen molar-refractivity contribution in [1.29, 1.82) is 0 Å². The van der Waals surface area contributed by atoms with E-state index in [1.165, 1.54) is 6.07 Å². The molecule has 132 valence electrons. The van der Waals surface area contributed by atoms with Gasteiger partial charge in [0.1, 0.15) is 22.9 Å². The third-order valence-electron chi connectivity index (χ3n) is 3.66. The van der Waals surface area contributed by atoms with Crippen LogP contribution in [0.3, 0.4) is 0 Å². The van der Waals surface area contributed by atoms with Gasteiger partial charge in [-0.2, -0.15) is 0 Å². The zero-order chi connectivity index (χ0) is 18.7. The van der Waals surface area contributed by atoms with Crippen molar-refractivity contribution >= 4 is 28.3 Å². The molecule has 3 aromatic carbocycles. The molecule has 0 aliphatic carbocycles. The molecule has 0 radical (unpaired) electrons. The Morgan fingerprint density at radius 3 is 2.58 bits per heavy atom. The quantitative estimate of drug-likeness (QED) is 0.700. The Morgan fingerprint density at radius 2 is 1.81 bits per heavy atom. The number of anilines is 1. The number of esters is 1. The molecule has 0 fully saturated rings. The molecule has 0 unspecified atom stereocenters. The topological polar surface area (TPSA) is 75.6 Å². The van der Waals surface area contributed by atoms with Crippen molar-refractivity contribution in [1.82, 2.24) is 0 Å². The number of rotatable bonds is 4. The lowest BCUT2D eigenvalue weighted by molar-refractivity contribution is -0.119. The summed E-state index contributed by atoms with van der Waals surface area (Å²) >= 11 is 0. The number of hydrogen-bond donors (Lipinski definition) is 2. The number of phenols is 1. The molecule has 5 nitrogen and oxygen atoms in total. The van der Waals surface area contributed by atoms with E-state index in [0.29, 0.717) is 11.5 Å². The van der Waals surface area contributed by atoms with E-state index in [1.54, 1.807) is 30.3 Å². The maximum Gasteiger partial charge on any atom is 0.342 e. The minimum Gasteiger partial charge on any atom is -0.506 e. The van der Waals surface area contributed by atoms with Crippen molar-refractivity contribution < 1.29 is 28.2 Å². The Labute approximate surface area is 146 Å². The summed E-state index contributed by atoms with van der Waals surface area (Å²) < 4.78 is 31.2. The number of benzene rings is 3. The van der Waals surface area contributed by atoms with Crippen molar-refractivity contribution in [2.45, 2.75) is 0 Å². The highest BCUT2D eigenvalue weighted by molar-refractivity contribution is 6.02. The Morgan fingerprint density at radius 1 is 1.04 bits per heavy atom. The van der Waals surface area contributed by atoms with Crippen LogP contribution in [0.25, 0.3) is 10.8 Å². The van der Waals surface area contributed by atoms with Crippen LogP contribution >= 0.6 is 0 Å². The number of phenolic OH excluding ortho intramolecular Hbond substituents is 1. The van der Waals surface area contributed by atoms with Crippen molar-refractivity contribution in [2.24, 2.45) is 0 Å². The van der Waals surface area contributed by atoms with Gasteiger partial charge in [-0.1, -0.05) is 30.3 Å². The number of carbonyl (C=O) groups excluding carboxylic acids is 2. The monoisotopic (exact) mass is 357 g/mol. The summed E-state index contributed by atoms with van der Waals surface area (Å²) in [4.78, 5) is 23.9. The molecule has 7 heteroatoms. The van der Waals surface area contributed by atoms with E-state index in [2.05, 4.69) is 5.32 Å². The zero-order valence-corrected chi connectivity index (χ0v) is 13.3. The maximum absolute atomic E-state index is 13.5. The minimum absolute atomic E-state index is 0.0931. The van der Waals surface area contributed by atoms with E-state index >= 15 is 0 Å². The molecule has 0 aliphatic heterocycles. The van der Waals surface area contributed by atoms with E-state index in [-0.39, 0.29) is 17.0 Å². The second-order valence-electron chi connectivity index (χ2n) is 5.43. The lowest BCUT2D eigenvalue weighted by Gasteiger charge is -2.09. The SMILES string of the molecule is O=C(COC(=O)c1ccc2ccccc2c1O)Nc1ccc(F)cc1F. The van der Waals surface area contributed by atoms with Gasteiger partial charge < -0.3 is 15.2 Å². The zero-order valence-electron chi connectivity index (χ0n) is 13.3. The van der Waals surface area contributed by atoms with Gasteiger partial charge in [0.15, 0.2) is 6.61 Å². The molecule has 1 amide bonds. The fraction of sp³-hybridized carbons (Fsp3) is 0.0526. The first-order valence-electron chi connectivity index (χ1n) is 7.58. The van der Waals surface area contributed by atoms with Gasteiger partial charge in [0.25, 0.3) is 5.91 Å². The van der Waals surface area contributed by atoms with Crippen LogP contribution in [0.1, 0.15) is 10.4 Å². The van der Waals surface area contributed by atoms with Gasteiger partial charge in [0.2, 0.25) is 0 Å². The fourth-order valence-corrected chi connectivity index (χ4v) is 2.41. The third-order valence-corrected chi connectivity index (χ3v) is 3.66. The number of amides is 1. The third kappa shape index (κ3) is 3.61. The molecule has 3 rings (SSSR count). The smallest absolute Gasteiger partial charge is 0.342 e. The summed E-state index contributed by atoms with van der Waals surface area (Å²) in [6, 6.07) is 12.6. The van der Waals surface area contributed by atoms with Gasteiger partial charge >= 0.3 is 5.97 Å². The van der Waals surface area contributed by atoms with Crippen molar-refractivity contribution in [3.8, 4) is 5.75 Å². The van der Waals surface area contributed by atoms with E-state index in [1.807, 2.05) is 0 Å². The fourth-order valence-electron chi connectivity index (χ4n) is 2.41. The van der Waals surface area contributed by atoms with Crippen LogP contribution in [0.2, 0.25) is 0 Å². The second kappa shape index (κ2) is 7.18. The van der Waals surface area contributed by atoms with E-state index in [4.69, 9.17) is 4.74 Å². The highest BCUT2D eigenvalue weighted by Crippen LogP contribution is 2.29.